The average Bonchev–Trinajstić information content (AvgIpc) is 2.76. The molecule has 2 aliphatic heterocycles. The zero-order valence-electron chi connectivity index (χ0n) is 9.43. The standard InChI is InChI=1S/C11H18N2O3/c1-2-8(10(12)14)13-6-3-4-9(13)7(5-6)11(15)16/h6-9H,2-5H2,1H3,(H2,12,14)(H,15,16). The van der Waals surface area contributed by atoms with E-state index in [9.17, 15) is 9.59 Å². The Morgan fingerprint density at radius 2 is 2.19 bits per heavy atom. The quantitative estimate of drug-likeness (QED) is 0.716. The van der Waals surface area contributed by atoms with E-state index in [0.717, 1.165) is 12.8 Å². The van der Waals surface area contributed by atoms with E-state index in [4.69, 9.17) is 10.8 Å². The number of carboxylic acid groups (broad SMARTS) is 1. The first-order valence-corrected chi connectivity index (χ1v) is 5.85. The fourth-order valence-electron chi connectivity index (χ4n) is 3.34. The van der Waals surface area contributed by atoms with E-state index in [-0.39, 0.29) is 30.0 Å². The Kier molecular flexibility index (Phi) is 2.88. The molecule has 5 heteroatoms. The summed E-state index contributed by atoms with van der Waals surface area (Å²) in [4.78, 5) is 24.5. The van der Waals surface area contributed by atoms with Gasteiger partial charge in [0.2, 0.25) is 5.91 Å². The minimum absolute atomic E-state index is 0.0138. The van der Waals surface area contributed by atoms with Crippen molar-refractivity contribution >= 4 is 11.9 Å². The number of primary amides is 1. The predicted molar refractivity (Wildman–Crippen MR) is 57.7 cm³/mol. The number of fused-ring (bicyclic) bond motifs is 2. The van der Waals surface area contributed by atoms with Crippen LogP contribution in [0.5, 0.6) is 0 Å². The zero-order chi connectivity index (χ0) is 11.9. The number of carbonyl (C=O) groups is 2. The highest BCUT2D eigenvalue weighted by Gasteiger charge is 2.52. The van der Waals surface area contributed by atoms with Crippen LogP contribution in [-0.4, -0.2) is 40.0 Å². The van der Waals surface area contributed by atoms with Crippen molar-refractivity contribution in [3.63, 3.8) is 0 Å². The monoisotopic (exact) mass is 226 g/mol. The lowest BCUT2D eigenvalue weighted by atomic mass is 9.89. The molecular formula is C11H18N2O3. The molecule has 2 saturated heterocycles. The highest BCUT2D eigenvalue weighted by Crippen LogP contribution is 2.43. The topological polar surface area (TPSA) is 83.6 Å². The van der Waals surface area contributed by atoms with Crippen molar-refractivity contribution in [2.45, 2.75) is 50.7 Å². The van der Waals surface area contributed by atoms with Crippen LogP contribution in [0.15, 0.2) is 0 Å². The third-order valence-electron chi connectivity index (χ3n) is 3.98. The van der Waals surface area contributed by atoms with Crippen LogP contribution >= 0.6 is 0 Å². The molecular weight excluding hydrogens is 208 g/mol. The number of rotatable bonds is 4. The van der Waals surface area contributed by atoms with Crippen molar-refractivity contribution in [3.05, 3.63) is 0 Å². The third kappa shape index (κ3) is 1.59. The number of amides is 1. The number of hydrogen-bond donors (Lipinski definition) is 2. The van der Waals surface area contributed by atoms with E-state index >= 15 is 0 Å². The van der Waals surface area contributed by atoms with Gasteiger partial charge in [0.25, 0.3) is 0 Å². The van der Waals surface area contributed by atoms with Crippen molar-refractivity contribution in [1.29, 1.82) is 0 Å². The van der Waals surface area contributed by atoms with Crippen LogP contribution in [0.25, 0.3) is 0 Å². The summed E-state index contributed by atoms with van der Waals surface area (Å²) in [6.45, 7) is 1.92. The van der Waals surface area contributed by atoms with E-state index < -0.39 is 5.97 Å². The van der Waals surface area contributed by atoms with Gasteiger partial charge in [0, 0.05) is 12.1 Å². The van der Waals surface area contributed by atoms with Gasteiger partial charge >= 0.3 is 5.97 Å². The molecule has 0 spiro atoms. The number of carboxylic acids is 1. The van der Waals surface area contributed by atoms with Gasteiger partial charge in [0.05, 0.1) is 12.0 Å². The summed E-state index contributed by atoms with van der Waals surface area (Å²) in [6.07, 6.45) is 3.21. The first-order chi connectivity index (χ1) is 7.56. The summed E-state index contributed by atoms with van der Waals surface area (Å²) in [6, 6.07) is -0.0367. The summed E-state index contributed by atoms with van der Waals surface area (Å²) in [7, 11) is 0. The van der Waals surface area contributed by atoms with Gasteiger partial charge in [-0.3, -0.25) is 14.5 Å². The molecule has 0 radical (unpaired) electrons. The Bertz CT molecular complexity index is 318. The molecule has 2 bridgehead atoms. The summed E-state index contributed by atoms with van der Waals surface area (Å²) in [5.74, 6) is -1.38. The molecule has 0 aliphatic carbocycles. The lowest BCUT2D eigenvalue weighted by molar-refractivity contribution is -0.143. The summed E-state index contributed by atoms with van der Waals surface area (Å²) >= 11 is 0. The molecule has 2 heterocycles. The minimum atomic E-state index is -0.739. The molecule has 0 aromatic heterocycles. The number of nitrogens with two attached hydrogens (primary N) is 1. The molecule has 16 heavy (non-hydrogen) atoms. The van der Waals surface area contributed by atoms with Crippen molar-refractivity contribution in [1.82, 2.24) is 4.90 Å². The maximum Gasteiger partial charge on any atom is 0.308 e. The molecule has 5 nitrogen and oxygen atoms in total. The second-order valence-corrected chi connectivity index (χ2v) is 4.75. The van der Waals surface area contributed by atoms with Crippen LogP contribution in [-0.2, 0) is 9.59 Å². The average molecular weight is 226 g/mol. The largest absolute Gasteiger partial charge is 0.481 e. The van der Waals surface area contributed by atoms with Gasteiger partial charge in [-0.1, -0.05) is 6.92 Å². The van der Waals surface area contributed by atoms with E-state index in [1.807, 2.05) is 6.92 Å². The van der Waals surface area contributed by atoms with Crippen molar-refractivity contribution in [3.8, 4) is 0 Å². The van der Waals surface area contributed by atoms with Crippen molar-refractivity contribution in [2.24, 2.45) is 11.7 Å². The van der Waals surface area contributed by atoms with Crippen LogP contribution in [0.1, 0.15) is 32.6 Å². The molecule has 3 N–H and O–H groups in total. The van der Waals surface area contributed by atoms with Gasteiger partial charge in [0.1, 0.15) is 0 Å². The molecule has 0 aromatic carbocycles. The lowest BCUT2D eigenvalue weighted by Gasteiger charge is -2.29. The van der Waals surface area contributed by atoms with Crippen LogP contribution < -0.4 is 5.73 Å². The van der Waals surface area contributed by atoms with Gasteiger partial charge in [0.15, 0.2) is 0 Å². The first-order valence-electron chi connectivity index (χ1n) is 5.85. The van der Waals surface area contributed by atoms with Gasteiger partial charge < -0.3 is 10.8 Å². The molecule has 1 amide bonds. The minimum Gasteiger partial charge on any atom is -0.481 e. The maximum absolute atomic E-state index is 11.3. The molecule has 90 valence electrons. The van der Waals surface area contributed by atoms with Crippen molar-refractivity contribution in [2.75, 3.05) is 0 Å². The first kappa shape index (κ1) is 11.4. The van der Waals surface area contributed by atoms with E-state index in [1.165, 1.54) is 0 Å². The molecule has 2 fully saturated rings. The van der Waals surface area contributed by atoms with Gasteiger partial charge in [-0.05, 0) is 25.7 Å². The fourth-order valence-corrected chi connectivity index (χ4v) is 3.34. The Labute approximate surface area is 94.6 Å². The number of aliphatic carboxylic acids is 1. The maximum atomic E-state index is 11.3. The van der Waals surface area contributed by atoms with Crippen LogP contribution in [0, 0.1) is 5.92 Å². The summed E-state index contributed by atoms with van der Waals surface area (Å²) in [5.41, 5.74) is 5.37. The normalized spacial score (nSPS) is 35.2. The molecule has 0 saturated carbocycles. The predicted octanol–water partition coefficient (Wildman–Crippen LogP) is 0.188. The highest BCUT2D eigenvalue weighted by atomic mass is 16.4. The fraction of sp³-hybridized carbons (Fsp3) is 0.818. The Morgan fingerprint density at radius 3 is 2.62 bits per heavy atom. The van der Waals surface area contributed by atoms with Crippen molar-refractivity contribution < 1.29 is 14.7 Å². The second kappa shape index (κ2) is 4.05. The van der Waals surface area contributed by atoms with Gasteiger partial charge in [-0.25, -0.2) is 0 Å². The molecule has 2 rings (SSSR count). The van der Waals surface area contributed by atoms with Crippen LogP contribution in [0.2, 0.25) is 0 Å². The summed E-state index contributed by atoms with van der Waals surface area (Å²) in [5, 5.41) is 9.10. The van der Waals surface area contributed by atoms with E-state index in [0.29, 0.717) is 12.8 Å². The van der Waals surface area contributed by atoms with E-state index in [2.05, 4.69) is 4.90 Å². The number of nitrogens with zero attached hydrogens (tertiary/aromatic N) is 1. The zero-order valence-corrected chi connectivity index (χ0v) is 9.43. The van der Waals surface area contributed by atoms with Gasteiger partial charge in [-0.2, -0.15) is 0 Å². The number of carbonyl (C=O) groups excluding carboxylic acids is 1. The third-order valence-corrected chi connectivity index (χ3v) is 3.98. The van der Waals surface area contributed by atoms with Crippen LogP contribution in [0.4, 0.5) is 0 Å². The van der Waals surface area contributed by atoms with Crippen LogP contribution in [0.3, 0.4) is 0 Å². The second-order valence-electron chi connectivity index (χ2n) is 4.75. The lowest BCUT2D eigenvalue weighted by Crippen LogP contribution is -2.47. The highest BCUT2D eigenvalue weighted by molar-refractivity contribution is 5.80. The smallest absolute Gasteiger partial charge is 0.308 e. The Balaban J connectivity index is 2.18. The molecule has 0 aromatic rings. The van der Waals surface area contributed by atoms with Gasteiger partial charge in [-0.15, -0.1) is 0 Å². The van der Waals surface area contributed by atoms with E-state index in [1.54, 1.807) is 0 Å². The Morgan fingerprint density at radius 1 is 1.50 bits per heavy atom. The number of hydrogen-bond acceptors (Lipinski definition) is 3. The summed E-state index contributed by atoms with van der Waals surface area (Å²) < 4.78 is 0. The molecule has 2 aliphatic rings. The molecule has 4 atom stereocenters. The molecule has 4 unspecified atom stereocenters. The Hall–Kier alpha value is -1.10. The SMILES string of the molecule is CCC(C(N)=O)N1C2CCC1C(C(=O)O)C2.